The van der Waals surface area contributed by atoms with Crippen molar-refractivity contribution in [1.29, 1.82) is 0 Å². The number of piperidine rings is 1. The maximum atomic E-state index is 12.9. The first-order valence-corrected chi connectivity index (χ1v) is 12.3. The van der Waals surface area contributed by atoms with Gasteiger partial charge in [-0.25, -0.2) is 4.98 Å². The molecule has 3 fully saturated rings. The Morgan fingerprint density at radius 1 is 1.06 bits per heavy atom. The summed E-state index contributed by atoms with van der Waals surface area (Å²) in [5, 5.41) is 4.36. The largest absolute Gasteiger partial charge is 0.379 e. The zero-order chi connectivity index (χ0) is 21.5. The molecule has 2 heterocycles. The lowest BCUT2D eigenvalue weighted by molar-refractivity contribution is -0.127. The molecular formula is C23H30Cl2N4O2. The molecule has 0 bridgehead atoms. The van der Waals surface area contributed by atoms with E-state index in [9.17, 15) is 4.79 Å². The van der Waals surface area contributed by atoms with Crippen molar-refractivity contribution in [3.05, 3.63) is 22.2 Å². The molecule has 1 saturated heterocycles. The fraction of sp³-hybridized carbons (Fsp3) is 0.652. The van der Waals surface area contributed by atoms with E-state index < -0.39 is 0 Å². The number of amides is 1. The van der Waals surface area contributed by atoms with Crippen LogP contribution >= 0.6 is 23.2 Å². The summed E-state index contributed by atoms with van der Waals surface area (Å²) in [6, 6.07) is 4.44. The highest BCUT2D eigenvalue weighted by Crippen LogP contribution is 2.40. The summed E-state index contributed by atoms with van der Waals surface area (Å²) in [5.74, 6) is 1.23. The number of hydrogen-bond acceptors (Lipinski definition) is 4. The number of rotatable bonds is 5. The number of nitrogens with zero attached hydrogens (tertiary/aromatic N) is 3. The van der Waals surface area contributed by atoms with E-state index in [2.05, 4.69) is 14.8 Å². The molecule has 2 saturated carbocycles. The van der Waals surface area contributed by atoms with E-state index >= 15 is 0 Å². The number of carbonyl (C=O) groups excluding carboxylic acids is 1. The first kappa shape index (κ1) is 21.4. The number of fused-ring (bicyclic) bond motifs is 1. The van der Waals surface area contributed by atoms with Crippen molar-refractivity contribution in [2.45, 2.75) is 69.6 Å². The third-order valence-corrected chi connectivity index (χ3v) is 8.11. The van der Waals surface area contributed by atoms with Crippen molar-refractivity contribution in [3.63, 3.8) is 0 Å². The van der Waals surface area contributed by atoms with Gasteiger partial charge in [-0.1, -0.05) is 23.2 Å². The third-order valence-electron chi connectivity index (χ3n) is 7.38. The van der Waals surface area contributed by atoms with Gasteiger partial charge in [0.15, 0.2) is 0 Å². The van der Waals surface area contributed by atoms with Gasteiger partial charge in [0.1, 0.15) is 0 Å². The van der Waals surface area contributed by atoms with Crippen LogP contribution in [0, 0.1) is 5.92 Å². The Kier molecular flexibility index (Phi) is 6.06. The van der Waals surface area contributed by atoms with Crippen LogP contribution in [0.4, 0.5) is 5.95 Å². The highest BCUT2D eigenvalue weighted by Gasteiger charge is 2.34. The second-order valence-corrected chi connectivity index (χ2v) is 10.0. The number of hydrogen-bond donors (Lipinski definition) is 1. The average molecular weight is 465 g/mol. The molecule has 31 heavy (non-hydrogen) atoms. The molecule has 0 spiro atoms. The number of anilines is 1. The van der Waals surface area contributed by atoms with E-state index in [-0.39, 0.29) is 24.0 Å². The molecule has 168 valence electrons. The summed E-state index contributed by atoms with van der Waals surface area (Å²) in [5.41, 5.74) is 1.95. The maximum absolute atomic E-state index is 12.9. The third kappa shape index (κ3) is 4.03. The van der Waals surface area contributed by atoms with Gasteiger partial charge in [0, 0.05) is 32.2 Å². The molecule has 1 aromatic heterocycles. The van der Waals surface area contributed by atoms with Gasteiger partial charge in [-0.05, 0) is 63.5 Å². The fourth-order valence-electron chi connectivity index (χ4n) is 5.32. The summed E-state index contributed by atoms with van der Waals surface area (Å²) in [6.07, 6.45) is 8.58. The smallest absolute Gasteiger partial charge is 0.223 e. The molecular weight excluding hydrogens is 435 g/mol. The van der Waals surface area contributed by atoms with Crippen LogP contribution in [-0.4, -0.2) is 47.8 Å². The van der Waals surface area contributed by atoms with Gasteiger partial charge in [0.05, 0.1) is 33.2 Å². The zero-order valence-electron chi connectivity index (χ0n) is 17.9. The van der Waals surface area contributed by atoms with E-state index in [1.54, 1.807) is 7.11 Å². The van der Waals surface area contributed by atoms with Crippen LogP contribution in [0.2, 0.25) is 10.0 Å². The van der Waals surface area contributed by atoms with Gasteiger partial charge in [0.25, 0.3) is 0 Å². The lowest BCUT2D eigenvalue weighted by atomic mass is 9.92. The quantitative estimate of drug-likeness (QED) is 0.678. The fourth-order valence-corrected chi connectivity index (χ4v) is 5.64. The highest BCUT2D eigenvalue weighted by atomic mass is 35.5. The highest BCUT2D eigenvalue weighted by molar-refractivity contribution is 6.42. The summed E-state index contributed by atoms with van der Waals surface area (Å²) < 4.78 is 7.88. The summed E-state index contributed by atoms with van der Waals surface area (Å²) in [7, 11) is 1.74. The Hall–Kier alpha value is -1.50. The summed E-state index contributed by atoms with van der Waals surface area (Å²) >= 11 is 12.6. The van der Waals surface area contributed by atoms with Gasteiger partial charge >= 0.3 is 0 Å². The predicted octanol–water partition coefficient (Wildman–Crippen LogP) is 4.97. The van der Waals surface area contributed by atoms with Crippen molar-refractivity contribution in [2.75, 3.05) is 25.1 Å². The Balaban J connectivity index is 1.31. The monoisotopic (exact) mass is 464 g/mol. The molecule has 1 N–H and O–H groups in total. The minimum Gasteiger partial charge on any atom is -0.379 e. The van der Waals surface area contributed by atoms with Crippen LogP contribution in [0.15, 0.2) is 12.1 Å². The van der Waals surface area contributed by atoms with Crippen LogP contribution in [0.25, 0.3) is 11.0 Å². The lowest BCUT2D eigenvalue weighted by Crippen LogP contribution is -2.47. The first-order chi connectivity index (χ1) is 15.0. The number of methoxy groups -OCH3 is 1. The molecule has 3 aliphatic rings. The SMILES string of the molecule is CO[C@H]1CCC[C@@H]1NC(=O)C1CCN(c2nc3cc(Cl)c(Cl)cc3n2C2CCC2)CC1. The number of benzene rings is 1. The van der Waals surface area contributed by atoms with Crippen LogP contribution < -0.4 is 10.2 Å². The Morgan fingerprint density at radius 2 is 1.77 bits per heavy atom. The minimum atomic E-state index is 0.0553. The molecule has 5 rings (SSSR count). The number of nitrogens with one attached hydrogen (secondary N) is 1. The summed E-state index contributed by atoms with van der Waals surface area (Å²) in [6.45, 7) is 1.65. The van der Waals surface area contributed by atoms with Crippen LogP contribution in [-0.2, 0) is 9.53 Å². The zero-order valence-corrected chi connectivity index (χ0v) is 19.5. The molecule has 1 amide bonds. The number of aromatic nitrogens is 2. The van der Waals surface area contributed by atoms with Crippen LogP contribution in [0.3, 0.4) is 0 Å². The first-order valence-electron chi connectivity index (χ1n) is 11.5. The normalized spacial score (nSPS) is 25.2. The topological polar surface area (TPSA) is 59.4 Å². The molecule has 2 atom stereocenters. The maximum Gasteiger partial charge on any atom is 0.223 e. The molecule has 0 radical (unpaired) electrons. The molecule has 1 aliphatic heterocycles. The molecule has 0 unspecified atom stereocenters. The lowest BCUT2D eigenvalue weighted by Gasteiger charge is -2.36. The van der Waals surface area contributed by atoms with Crippen LogP contribution in [0.5, 0.6) is 0 Å². The van der Waals surface area contributed by atoms with Crippen molar-refractivity contribution in [2.24, 2.45) is 5.92 Å². The van der Waals surface area contributed by atoms with E-state index in [4.69, 9.17) is 32.9 Å². The molecule has 6 nitrogen and oxygen atoms in total. The molecule has 2 aromatic rings. The number of ether oxygens (including phenoxy) is 1. The van der Waals surface area contributed by atoms with Gasteiger partial charge < -0.3 is 19.5 Å². The van der Waals surface area contributed by atoms with E-state index in [0.29, 0.717) is 16.1 Å². The van der Waals surface area contributed by atoms with Gasteiger partial charge in [-0.2, -0.15) is 0 Å². The number of imidazole rings is 1. The number of halogens is 2. The standard InChI is InChI=1S/C23H30Cl2N4O2/c1-31-21-7-3-6-18(21)26-22(30)14-8-10-28(11-9-14)23-27-19-12-16(24)17(25)13-20(19)29(23)15-4-2-5-15/h12-15,18,21H,2-11H2,1H3,(H,26,30)/t18-,21-/m0/s1. The predicted molar refractivity (Wildman–Crippen MR) is 124 cm³/mol. The average Bonchev–Trinajstić information content (AvgIpc) is 3.32. The second kappa shape index (κ2) is 8.80. The van der Waals surface area contributed by atoms with Crippen molar-refractivity contribution >= 4 is 46.1 Å². The van der Waals surface area contributed by atoms with E-state index in [0.717, 1.165) is 62.2 Å². The molecule has 1 aromatic carbocycles. The van der Waals surface area contributed by atoms with Crippen molar-refractivity contribution in [3.8, 4) is 0 Å². The van der Waals surface area contributed by atoms with Crippen molar-refractivity contribution in [1.82, 2.24) is 14.9 Å². The number of carbonyl (C=O) groups is 1. The van der Waals surface area contributed by atoms with Gasteiger partial charge in [-0.3, -0.25) is 4.79 Å². The van der Waals surface area contributed by atoms with E-state index in [1.165, 1.54) is 19.3 Å². The van der Waals surface area contributed by atoms with Gasteiger partial charge in [-0.15, -0.1) is 0 Å². The molecule has 8 heteroatoms. The Labute approximate surface area is 193 Å². The summed E-state index contributed by atoms with van der Waals surface area (Å²) in [4.78, 5) is 20.1. The Bertz CT molecular complexity index is 966. The van der Waals surface area contributed by atoms with Gasteiger partial charge in [0.2, 0.25) is 11.9 Å². The minimum absolute atomic E-state index is 0.0553. The van der Waals surface area contributed by atoms with Crippen LogP contribution in [0.1, 0.15) is 57.4 Å². The van der Waals surface area contributed by atoms with E-state index in [1.807, 2.05) is 12.1 Å². The Morgan fingerprint density at radius 3 is 2.45 bits per heavy atom. The molecule has 2 aliphatic carbocycles. The second-order valence-electron chi connectivity index (χ2n) is 9.20. The van der Waals surface area contributed by atoms with Crippen molar-refractivity contribution < 1.29 is 9.53 Å².